The van der Waals surface area contributed by atoms with Gasteiger partial charge in [-0.3, -0.25) is 0 Å². The van der Waals surface area contributed by atoms with Crippen LogP contribution in [0.15, 0.2) is 12.1 Å². The molecule has 2 rings (SSSR count). The van der Waals surface area contributed by atoms with E-state index in [0.29, 0.717) is 29.4 Å². The molecule has 1 aliphatic rings. The van der Waals surface area contributed by atoms with E-state index in [1.807, 2.05) is 12.1 Å². The summed E-state index contributed by atoms with van der Waals surface area (Å²) in [6, 6.07) is 5.42. The molecule has 0 unspecified atom stereocenters. The third-order valence-electron chi connectivity index (χ3n) is 3.30. The highest BCUT2D eigenvalue weighted by Gasteiger charge is 2.27. The van der Waals surface area contributed by atoms with Gasteiger partial charge in [0.15, 0.2) is 0 Å². The minimum Gasteiger partial charge on any atom is -0.212 e. The number of rotatable bonds is 4. The predicted molar refractivity (Wildman–Crippen MR) is 79.2 cm³/mol. The van der Waals surface area contributed by atoms with E-state index in [9.17, 15) is 8.42 Å². The molecule has 0 bridgehead atoms. The van der Waals surface area contributed by atoms with Gasteiger partial charge >= 0.3 is 0 Å². The fourth-order valence-corrected chi connectivity index (χ4v) is 4.32. The fourth-order valence-electron chi connectivity index (χ4n) is 2.26. The van der Waals surface area contributed by atoms with Crippen LogP contribution in [-0.2, 0) is 23.0 Å². The summed E-state index contributed by atoms with van der Waals surface area (Å²) in [4.78, 5) is 0. The van der Waals surface area contributed by atoms with E-state index in [4.69, 9.17) is 28.5 Å². The summed E-state index contributed by atoms with van der Waals surface area (Å²) in [7, 11) is -3.33. The third-order valence-corrected chi connectivity index (χ3v) is 5.76. The molecule has 1 aliphatic heterocycles. The molecule has 0 N–H and O–H groups in total. The Morgan fingerprint density at radius 2 is 2.10 bits per heavy atom. The van der Waals surface area contributed by atoms with Crippen molar-refractivity contribution in [2.24, 2.45) is 0 Å². The lowest BCUT2D eigenvalue weighted by molar-refractivity contribution is 0.391. The molecule has 7 heteroatoms. The molecule has 0 atom stereocenters. The molecule has 0 aliphatic carbocycles. The van der Waals surface area contributed by atoms with E-state index >= 15 is 0 Å². The first-order valence-electron chi connectivity index (χ1n) is 6.25. The predicted octanol–water partition coefficient (Wildman–Crippen LogP) is 2.99. The highest BCUT2D eigenvalue weighted by Crippen LogP contribution is 2.31. The maximum Gasteiger partial charge on any atom is 0.214 e. The number of sulfonamides is 1. The molecule has 1 heterocycles. The molecule has 0 spiro atoms. The maximum atomic E-state index is 12.2. The Labute approximate surface area is 128 Å². The van der Waals surface area contributed by atoms with Crippen molar-refractivity contribution in [1.82, 2.24) is 4.31 Å². The summed E-state index contributed by atoms with van der Waals surface area (Å²) in [6.45, 7) is 0.707. The van der Waals surface area contributed by atoms with E-state index < -0.39 is 10.0 Å². The number of unbranched alkanes of at least 4 members (excludes halogenated alkanes) is 1. The number of hydrogen-bond donors (Lipinski definition) is 0. The summed E-state index contributed by atoms with van der Waals surface area (Å²) in [5.74, 6) is 0.00109. The summed E-state index contributed by atoms with van der Waals surface area (Å²) >= 11 is 12.1. The number of halogens is 2. The lowest BCUT2D eigenvalue weighted by atomic mass is 10.0. The average molecular weight is 333 g/mol. The average Bonchev–Trinajstić information content (AvgIpc) is 2.38. The van der Waals surface area contributed by atoms with Gasteiger partial charge in [0, 0.05) is 29.6 Å². The van der Waals surface area contributed by atoms with E-state index in [1.165, 1.54) is 4.31 Å². The van der Waals surface area contributed by atoms with Crippen LogP contribution in [0.3, 0.4) is 0 Å². The molecular formula is C13H14Cl2N2O2S. The summed E-state index contributed by atoms with van der Waals surface area (Å²) in [5, 5.41) is 9.55. The molecule has 0 radical (unpaired) electrons. The first-order valence-corrected chi connectivity index (χ1v) is 8.62. The summed E-state index contributed by atoms with van der Waals surface area (Å²) < 4.78 is 25.8. The molecule has 20 heavy (non-hydrogen) atoms. The van der Waals surface area contributed by atoms with Gasteiger partial charge in [-0.05, 0) is 36.1 Å². The zero-order valence-corrected chi connectivity index (χ0v) is 13.1. The molecule has 0 aromatic heterocycles. The van der Waals surface area contributed by atoms with Crippen LogP contribution in [0.2, 0.25) is 10.0 Å². The van der Waals surface area contributed by atoms with E-state index in [0.717, 1.165) is 11.1 Å². The number of hydrogen-bond acceptors (Lipinski definition) is 3. The minimum absolute atomic E-state index is 0.00109. The Balaban J connectivity index is 2.17. The van der Waals surface area contributed by atoms with Crippen LogP contribution in [-0.4, -0.2) is 25.0 Å². The Morgan fingerprint density at radius 1 is 1.35 bits per heavy atom. The highest BCUT2D eigenvalue weighted by atomic mass is 35.5. The molecule has 4 nitrogen and oxygen atoms in total. The van der Waals surface area contributed by atoms with Gasteiger partial charge in [0.2, 0.25) is 10.0 Å². The molecule has 108 valence electrons. The van der Waals surface area contributed by atoms with Crippen LogP contribution in [0.4, 0.5) is 0 Å². The van der Waals surface area contributed by atoms with Crippen molar-refractivity contribution in [1.29, 1.82) is 5.26 Å². The van der Waals surface area contributed by atoms with Crippen molar-refractivity contribution in [3.05, 3.63) is 33.3 Å². The molecule has 0 saturated heterocycles. The lowest BCUT2D eigenvalue weighted by Gasteiger charge is -2.28. The topological polar surface area (TPSA) is 61.2 Å². The van der Waals surface area contributed by atoms with Gasteiger partial charge in [0.25, 0.3) is 0 Å². The first-order chi connectivity index (χ1) is 9.44. The van der Waals surface area contributed by atoms with Crippen LogP contribution in [0, 0.1) is 11.3 Å². The van der Waals surface area contributed by atoms with Crippen LogP contribution in [0.25, 0.3) is 0 Å². The minimum atomic E-state index is -3.33. The molecule has 0 fully saturated rings. The summed E-state index contributed by atoms with van der Waals surface area (Å²) in [6.07, 6.45) is 1.21. The van der Waals surface area contributed by atoms with Crippen molar-refractivity contribution in [3.63, 3.8) is 0 Å². The maximum absolute atomic E-state index is 12.2. The lowest BCUT2D eigenvalue weighted by Crippen LogP contribution is -2.37. The number of nitriles is 1. The largest absolute Gasteiger partial charge is 0.214 e. The third kappa shape index (κ3) is 3.44. The van der Waals surface area contributed by atoms with Crippen molar-refractivity contribution < 1.29 is 8.42 Å². The van der Waals surface area contributed by atoms with Gasteiger partial charge in [-0.15, -0.1) is 0 Å². The zero-order valence-electron chi connectivity index (χ0n) is 10.8. The fraction of sp³-hybridized carbons (Fsp3) is 0.462. The molecule has 1 aromatic carbocycles. The first kappa shape index (κ1) is 15.6. The monoisotopic (exact) mass is 332 g/mol. The van der Waals surface area contributed by atoms with Crippen molar-refractivity contribution in [2.45, 2.75) is 25.8 Å². The normalized spacial score (nSPS) is 15.7. The molecule has 0 amide bonds. The number of fused-ring (bicyclic) bond motifs is 1. The van der Waals surface area contributed by atoms with Gasteiger partial charge in [-0.1, -0.05) is 23.2 Å². The van der Waals surface area contributed by atoms with Gasteiger partial charge in [-0.25, -0.2) is 8.42 Å². The zero-order chi connectivity index (χ0) is 14.8. The second-order valence-electron chi connectivity index (χ2n) is 4.69. The van der Waals surface area contributed by atoms with Crippen LogP contribution < -0.4 is 0 Å². The highest BCUT2D eigenvalue weighted by molar-refractivity contribution is 7.89. The quantitative estimate of drug-likeness (QED) is 0.796. The molecular weight excluding hydrogens is 319 g/mol. The van der Waals surface area contributed by atoms with Crippen LogP contribution in [0.1, 0.15) is 24.0 Å². The van der Waals surface area contributed by atoms with E-state index in [-0.39, 0.29) is 18.7 Å². The summed E-state index contributed by atoms with van der Waals surface area (Å²) in [5.41, 5.74) is 1.83. The second-order valence-corrected chi connectivity index (χ2v) is 7.62. The van der Waals surface area contributed by atoms with Crippen LogP contribution in [0.5, 0.6) is 0 Å². The SMILES string of the molecule is N#CCCCS(=O)(=O)N1CCc2cc(Cl)cc(Cl)c2C1. The van der Waals surface area contributed by atoms with E-state index in [1.54, 1.807) is 6.07 Å². The van der Waals surface area contributed by atoms with Gasteiger partial charge < -0.3 is 0 Å². The Kier molecular flexibility index (Phi) is 4.92. The molecule has 0 saturated carbocycles. The number of nitrogens with zero attached hydrogens (tertiary/aromatic N) is 2. The Bertz CT molecular complexity index is 653. The Morgan fingerprint density at radius 3 is 2.80 bits per heavy atom. The Hall–Kier alpha value is -0.800. The molecule has 1 aromatic rings. The smallest absolute Gasteiger partial charge is 0.212 e. The standard InChI is InChI=1S/C13H14Cl2N2O2S/c14-11-7-10-3-5-17(9-12(10)13(15)8-11)20(18,19)6-2-1-4-16/h7-8H,1-3,5-6,9H2. The van der Waals surface area contributed by atoms with Gasteiger partial charge in [0.1, 0.15) is 0 Å². The van der Waals surface area contributed by atoms with Crippen molar-refractivity contribution in [2.75, 3.05) is 12.3 Å². The van der Waals surface area contributed by atoms with Gasteiger partial charge in [-0.2, -0.15) is 9.57 Å². The second kappa shape index (κ2) is 6.31. The van der Waals surface area contributed by atoms with Crippen LogP contribution >= 0.6 is 23.2 Å². The number of benzene rings is 1. The van der Waals surface area contributed by atoms with Gasteiger partial charge in [0.05, 0.1) is 11.8 Å². The van der Waals surface area contributed by atoms with Crippen molar-refractivity contribution >= 4 is 33.2 Å². The van der Waals surface area contributed by atoms with E-state index in [2.05, 4.69) is 0 Å². The van der Waals surface area contributed by atoms with Crippen molar-refractivity contribution in [3.8, 4) is 6.07 Å².